The van der Waals surface area contributed by atoms with E-state index in [0.717, 1.165) is 5.56 Å². The van der Waals surface area contributed by atoms with Crippen LogP contribution in [0.4, 0.5) is 4.39 Å². The van der Waals surface area contributed by atoms with Gasteiger partial charge in [0.1, 0.15) is 18.2 Å². The molecule has 0 saturated carbocycles. The van der Waals surface area contributed by atoms with Gasteiger partial charge in [-0.05, 0) is 42.3 Å². The maximum Gasteiger partial charge on any atom is 0.124 e. The van der Waals surface area contributed by atoms with Crippen molar-refractivity contribution in [3.63, 3.8) is 0 Å². The van der Waals surface area contributed by atoms with Crippen LogP contribution in [0.25, 0.3) is 0 Å². The SMILES string of the molecule is NNC(COc1cccc(Cl)c1)Cc1ccc(F)cc1Cl. The molecule has 3 nitrogen and oxygen atoms in total. The van der Waals surface area contributed by atoms with Gasteiger partial charge in [0, 0.05) is 10.0 Å². The number of nitrogens with two attached hydrogens (primary N) is 1. The summed E-state index contributed by atoms with van der Waals surface area (Å²) in [6.45, 7) is 0.338. The third-order valence-electron chi connectivity index (χ3n) is 2.96. The highest BCUT2D eigenvalue weighted by molar-refractivity contribution is 6.31. The Morgan fingerprint density at radius 3 is 2.67 bits per heavy atom. The van der Waals surface area contributed by atoms with E-state index < -0.39 is 0 Å². The van der Waals surface area contributed by atoms with E-state index >= 15 is 0 Å². The number of benzene rings is 2. The molecule has 0 spiro atoms. The fourth-order valence-electron chi connectivity index (χ4n) is 1.87. The van der Waals surface area contributed by atoms with Crippen molar-refractivity contribution in [3.05, 3.63) is 63.9 Å². The van der Waals surface area contributed by atoms with Gasteiger partial charge in [0.15, 0.2) is 0 Å². The summed E-state index contributed by atoms with van der Waals surface area (Å²) in [4.78, 5) is 0. The number of hydrogen-bond donors (Lipinski definition) is 2. The average Bonchev–Trinajstić information content (AvgIpc) is 2.45. The molecule has 2 aromatic carbocycles. The fourth-order valence-corrected chi connectivity index (χ4v) is 2.30. The molecular formula is C15H15Cl2FN2O. The molecule has 1 unspecified atom stereocenters. The predicted molar refractivity (Wildman–Crippen MR) is 83.2 cm³/mol. The van der Waals surface area contributed by atoms with E-state index in [2.05, 4.69) is 5.43 Å². The molecule has 0 fully saturated rings. The van der Waals surface area contributed by atoms with Gasteiger partial charge in [0.2, 0.25) is 0 Å². The third-order valence-corrected chi connectivity index (χ3v) is 3.55. The van der Waals surface area contributed by atoms with E-state index in [1.165, 1.54) is 12.1 Å². The first kappa shape index (κ1) is 16.0. The summed E-state index contributed by atoms with van der Waals surface area (Å²) in [5, 5.41) is 0.976. The number of hydrazine groups is 1. The molecule has 2 rings (SSSR count). The highest BCUT2D eigenvalue weighted by Crippen LogP contribution is 2.20. The Kier molecular flexibility index (Phi) is 5.82. The zero-order valence-electron chi connectivity index (χ0n) is 11.2. The van der Waals surface area contributed by atoms with Crippen LogP contribution in [0.1, 0.15) is 5.56 Å². The molecule has 3 N–H and O–H groups in total. The Bertz CT molecular complexity index is 610. The normalized spacial score (nSPS) is 12.2. The number of rotatable bonds is 6. The fraction of sp³-hybridized carbons (Fsp3) is 0.200. The molecule has 0 aliphatic heterocycles. The van der Waals surface area contributed by atoms with E-state index in [9.17, 15) is 4.39 Å². The van der Waals surface area contributed by atoms with Gasteiger partial charge in [-0.1, -0.05) is 35.3 Å². The summed E-state index contributed by atoms with van der Waals surface area (Å²) in [5.74, 6) is 5.82. The Morgan fingerprint density at radius 2 is 2.00 bits per heavy atom. The largest absolute Gasteiger partial charge is 0.492 e. The van der Waals surface area contributed by atoms with Crippen molar-refractivity contribution in [1.82, 2.24) is 5.43 Å². The zero-order valence-corrected chi connectivity index (χ0v) is 12.7. The Labute approximate surface area is 132 Å². The smallest absolute Gasteiger partial charge is 0.124 e. The molecule has 1 atom stereocenters. The zero-order chi connectivity index (χ0) is 15.2. The van der Waals surface area contributed by atoms with E-state index in [1.807, 2.05) is 6.07 Å². The van der Waals surface area contributed by atoms with Gasteiger partial charge in [-0.25, -0.2) is 4.39 Å². The van der Waals surface area contributed by atoms with Crippen LogP contribution < -0.4 is 16.0 Å². The first-order valence-corrected chi connectivity index (χ1v) is 7.12. The lowest BCUT2D eigenvalue weighted by Gasteiger charge is -2.17. The molecule has 0 radical (unpaired) electrons. The summed E-state index contributed by atoms with van der Waals surface area (Å²) < 4.78 is 18.6. The van der Waals surface area contributed by atoms with Gasteiger partial charge in [-0.15, -0.1) is 0 Å². The lowest BCUT2D eigenvalue weighted by molar-refractivity contribution is 0.264. The highest BCUT2D eigenvalue weighted by Gasteiger charge is 2.12. The van der Waals surface area contributed by atoms with Crippen molar-refractivity contribution in [1.29, 1.82) is 0 Å². The highest BCUT2D eigenvalue weighted by atomic mass is 35.5. The summed E-state index contributed by atoms with van der Waals surface area (Å²) in [6, 6.07) is 11.2. The van der Waals surface area contributed by atoms with Crippen LogP contribution in [0.3, 0.4) is 0 Å². The van der Waals surface area contributed by atoms with Gasteiger partial charge < -0.3 is 4.74 Å². The molecule has 21 heavy (non-hydrogen) atoms. The molecule has 0 saturated heterocycles. The Balaban J connectivity index is 1.97. The minimum atomic E-state index is -0.365. The number of hydrogen-bond acceptors (Lipinski definition) is 3. The van der Waals surface area contributed by atoms with Crippen LogP contribution in [0.5, 0.6) is 5.75 Å². The molecule has 0 bridgehead atoms. The first-order valence-electron chi connectivity index (χ1n) is 6.37. The minimum absolute atomic E-state index is 0.160. The van der Waals surface area contributed by atoms with Crippen LogP contribution >= 0.6 is 23.2 Å². The maximum atomic E-state index is 13.0. The number of nitrogens with one attached hydrogen (secondary N) is 1. The van der Waals surface area contributed by atoms with Crippen molar-refractivity contribution < 1.29 is 9.13 Å². The lowest BCUT2D eigenvalue weighted by Crippen LogP contribution is -2.41. The van der Waals surface area contributed by atoms with E-state index in [-0.39, 0.29) is 11.9 Å². The van der Waals surface area contributed by atoms with Crippen LogP contribution in [0.15, 0.2) is 42.5 Å². The molecule has 6 heteroatoms. The summed E-state index contributed by atoms with van der Waals surface area (Å²) in [6.07, 6.45) is 0.524. The topological polar surface area (TPSA) is 47.3 Å². The van der Waals surface area contributed by atoms with Crippen LogP contribution in [0.2, 0.25) is 10.0 Å². The number of halogens is 3. The summed E-state index contributed by atoms with van der Waals surface area (Å²) in [5.41, 5.74) is 3.47. The maximum absolute atomic E-state index is 13.0. The van der Waals surface area contributed by atoms with Gasteiger partial charge in [-0.2, -0.15) is 0 Å². The van der Waals surface area contributed by atoms with Crippen molar-refractivity contribution in [2.24, 2.45) is 5.84 Å². The van der Waals surface area contributed by atoms with Crippen molar-refractivity contribution in [3.8, 4) is 5.75 Å². The predicted octanol–water partition coefficient (Wildman–Crippen LogP) is 3.59. The van der Waals surface area contributed by atoms with Crippen molar-refractivity contribution in [2.45, 2.75) is 12.5 Å². The molecule has 0 aliphatic rings. The van der Waals surface area contributed by atoms with Crippen molar-refractivity contribution >= 4 is 23.2 Å². The molecule has 0 aromatic heterocycles. The minimum Gasteiger partial charge on any atom is -0.492 e. The Morgan fingerprint density at radius 1 is 1.19 bits per heavy atom. The number of ether oxygens (including phenoxy) is 1. The Hall–Kier alpha value is -1.33. The molecule has 112 valence electrons. The lowest BCUT2D eigenvalue weighted by atomic mass is 10.1. The standard InChI is InChI=1S/C15H15Cl2FN2O/c16-11-2-1-3-14(7-11)21-9-13(20-19)6-10-4-5-12(18)8-15(10)17/h1-5,7-8,13,20H,6,9,19H2. The molecule has 2 aromatic rings. The average molecular weight is 329 g/mol. The molecule has 0 aliphatic carbocycles. The van der Waals surface area contributed by atoms with E-state index in [4.69, 9.17) is 33.8 Å². The van der Waals surface area contributed by atoms with Crippen molar-refractivity contribution in [2.75, 3.05) is 6.61 Å². The van der Waals surface area contributed by atoms with E-state index in [0.29, 0.717) is 28.8 Å². The van der Waals surface area contributed by atoms with Crippen LogP contribution in [0, 0.1) is 5.82 Å². The second kappa shape index (κ2) is 7.61. The third kappa shape index (κ3) is 4.86. The second-order valence-corrected chi connectivity index (χ2v) is 5.42. The van der Waals surface area contributed by atoms with Gasteiger partial charge in [-0.3, -0.25) is 11.3 Å². The summed E-state index contributed by atoms with van der Waals surface area (Å²) in [7, 11) is 0. The van der Waals surface area contributed by atoms with Crippen LogP contribution in [-0.2, 0) is 6.42 Å². The molecular weight excluding hydrogens is 314 g/mol. The second-order valence-electron chi connectivity index (χ2n) is 4.57. The quantitative estimate of drug-likeness (QED) is 0.629. The molecule has 0 amide bonds. The van der Waals surface area contributed by atoms with Crippen LogP contribution in [-0.4, -0.2) is 12.6 Å². The van der Waals surface area contributed by atoms with Gasteiger partial charge in [0.05, 0.1) is 6.04 Å². The monoisotopic (exact) mass is 328 g/mol. The van der Waals surface area contributed by atoms with E-state index in [1.54, 1.807) is 24.3 Å². The first-order chi connectivity index (χ1) is 10.1. The van der Waals surface area contributed by atoms with Gasteiger partial charge in [0.25, 0.3) is 0 Å². The summed E-state index contributed by atoms with van der Waals surface area (Å²) >= 11 is 11.9. The molecule has 0 heterocycles. The van der Waals surface area contributed by atoms with Gasteiger partial charge >= 0.3 is 0 Å².